The van der Waals surface area contributed by atoms with E-state index in [1.807, 2.05) is 18.2 Å². The lowest BCUT2D eigenvalue weighted by Crippen LogP contribution is -2.38. The standard InChI is InChI=1S/C16H23ClN2/c17-14-9-13(10-15(18)11-14)12-19-7-5-16(6-8-19)3-1-2-4-16/h9-11H,1-8,12,18H2. The second-order valence-electron chi connectivity index (χ2n) is 6.38. The molecule has 1 heterocycles. The maximum Gasteiger partial charge on any atom is 0.0429 e. The highest BCUT2D eigenvalue weighted by atomic mass is 35.5. The Hall–Kier alpha value is -0.730. The Morgan fingerprint density at radius 3 is 2.37 bits per heavy atom. The number of rotatable bonds is 2. The van der Waals surface area contributed by atoms with E-state index >= 15 is 0 Å². The molecule has 0 atom stereocenters. The maximum absolute atomic E-state index is 6.07. The molecule has 1 saturated carbocycles. The van der Waals surface area contributed by atoms with Crippen molar-refractivity contribution in [3.63, 3.8) is 0 Å². The predicted molar refractivity (Wildman–Crippen MR) is 81.3 cm³/mol. The molecule has 0 bridgehead atoms. The largest absolute Gasteiger partial charge is 0.399 e. The Labute approximate surface area is 120 Å². The quantitative estimate of drug-likeness (QED) is 0.826. The van der Waals surface area contributed by atoms with Crippen LogP contribution in [0.4, 0.5) is 5.69 Å². The lowest BCUT2D eigenvalue weighted by molar-refractivity contribution is 0.103. The van der Waals surface area contributed by atoms with Crippen LogP contribution >= 0.6 is 11.6 Å². The lowest BCUT2D eigenvalue weighted by Gasteiger charge is -2.39. The van der Waals surface area contributed by atoms with Gasteiger partial charge in [-0.05, 0) is 68.0 Å². The number of benzene rings is 1. The van der Waals surface area contributed by atoms with Gasteiger partial charge in [-0.2, -0.15) is 0 Å². The summed E-state index contributed by atoms with van der Waals surface area (Å²) in [5.41, 5.74) is 8.57. The molecule has 2 fully saturated rings. The van der Waals surface area contributed by atoms with Gasteiger partial charge < -0.3 is 5.73 Å². The van der Waals surface area contributed by atoms with Crippen LogP contribution in [-0.4, -0.2) is 18.0 Å². The summed E-state index contributed by atoms with van der Waals surface area (Å²) in [7, 11) is 0. The minimum absolute atomic E-state index is 0.698. The lowest BCUT2D eigenvalue weighted by atomic mass is 9.77. The zero-order chi connectivity index (χ0) is 13.3. The Morgan fingerprint density at radius 2 is 1.74 bits per heavy atom. The topological polar surface area (TPSA) is 29.3 Å². The van der Waals surface area contributed by atoms with Crippen molar-refractivity contribution in [3.8, 4) is 0 Å². The average Bonchev–Trinajstić information content (AvgIpc) is 2.80. The van der Waals surface area contributed by atoms with Crippen molar-refractivity contribution in [2.45, 2.75) is 45.1 Å². The van der Waals surface area contributed by atoms with Crippen molar-refractivity contribution in [1.82, 2.24) is 4.90 Å². The van der Waals surface area contributed by atoms with E-state index in [1.54, 1.807) is 0 Å². The SMILES string of the molecule is Nc1cc(Cl)cc(CN2CCC3(CCCC3)CC2)c1. The van der Waals surface area contributed by atoms with Crippen LogP contribution in [0.3, 0.4) is 0 Å². The number of anilines is 1. The summed E-state index contributed by atoms with van der Waals surface area (Å²) < 4.78 is 0. The molecule has 0 aromatic heterocycles. The fourth-order valence-electron chi connectivity index (χ4n) is 3.84. The Morgan fingerprint density at radius 1 is 1.05 bits per heavy atom. The van der Waals surface area contributed by atoms with Gasteiger partial charge in [-0.1, -0.05) is 24.4 Å². The molecule has 1 aliphatic heterocycles. The summed E-state index contributed by atoms with van der Waals surface area (Å²) in [4.78, 5) is 2.55. The molecule has 0 unspecified atom stereocenters. The van der Waals surface area contributed by atoms with Crippen LogP contribution in [-0.2, 0) is 6.54 Å². The molecule has 1 aromatic carbocycles. The summed E-state index contributed by atoms with van der Waals surface area (Å²) >= 11 is 6.07. The van der Waals surface area contributed by atoms with Crippen molar-refractivity contribution < 1.29 is 0 Å². The van der Waals surface area contributed by atoms with Gasteiger partial charge in [-0.3, -0.25) is 4.90 Å². The van der Waals surface area contributed by atoms with E-state index in [-0.39, 0.29) is 0 Å². The van der Waals surface area contributed by atoms with Crippen molar-refractivity contribution >= 4 is 17.3 Å². The average molecular weight is 279 g/mol. The molecule has 1 aliphatic carbocycles. The number of piperidine rings is 1. The zero-order valence-corrected chi connectivity index (χ0v) is 12.3. The first-order chi connectivity index (χ1) is 9.15. The summed E-state index contributed by atoms with van der Waals surface area (Å²) in [5, 5.41) is 0.749. The number of likely N-dealkylation sites (tertiary alicyclic amines) is 1. The van der Waals surface area contributed by atoms with Gasteiger partial charge in [0.05, 0.1) is 0 Å². The molecule has 0 amide bonds. The fourth-order valence-corrected chi connectivity index (χ4v) is 4.10. The van der Waals surface area contributed by atoms with Gasteiger partial charge in [0.1, 0.15) is 0 Å². The minimum Gasteiger partial charge on any atom is -0.399 e. The first-order valence-corrected chi connectivity index (χ1v) is 7.80. The monoisotopic (exact) mass is 278 g/mol. The van der Waals surface area contributed by atoms with E-state index < -0.39 is 0 Å². The van der Waals surface area contributed by atoms with Crippen LogP contribution in [0, 0.1) is 5.41 Å². The molecular formula is C16H23ClN2. The van der Waals surface area contributed by atoms with Gasteiger partial charge in [0.25, 0.3) is 0 Å². The van der Waals surface area contributed by atoms with Gasteiger partial charge in [0.2, 0.25) is 0 Å². The highest BCUT2D eigenvalue weighted by Gasteiger charge is 2.36. The van der Waals surface area contributed by atoms with Crippen molar-refractivity contribution in [2.24, 2.45) is 5.41 Å². The number of nitrogens with two attached hydrogens (primary N) is 1. The second kappa shape index (κ2) is 5.34. The van der Waals surface area contributed by atoms with E-state index in [2.05, 4.69) is 4.90 Å². The van der Waals surface area contributed by atoms with E-state index in [0.29, 0.717) is 5.41 Å². The number of nitrogen functional groups attached to an aromatic ring is 1. The van der Waals surface area contributed by atoms with Gasteiger partial charge >= 0.3 is 0 Å². The summed E-state index contributed by atoms with van der Waals surface area (Å²) in [5.74, 6) is 0. The molecule has 2 nitrogen and oxygen atoms in total. The number of halogens is 1. The van der Waals surface area contributed by atoms with Gasteiger partial charge in [-0.25, -0.2) is 0 Å². The van der Waals surface area contributed by atoms with Crippen LogP contribution in [0.5, 0.6) is 0 Å². The Bertz CT molecular complexity index is 422. The third-order valence-electron chi connectivity index (χ3n) is 4.97. The normalized spacial score (nSPS) is 23.0. The zero-order valence-electron chi connectivity index (χ0n) is 11.5. The van der Waals surface area contributed by atoms with Crippen LogP contribution in [0.1, 0.15) is 44.1 Å². The molecule has 2 aliphatic rings. The maximum atomic E-state index is 6.07. The van der Waals surface area contributed by atoms with Crippen molar-refractivity contribution in [3.05, 3.63) is 28.8 Å². The highest BCUT2D eigenvalue weighted by molar-refractivity contribution is 6.30. The van der Waals surface area contributed by atoms with Crippen molar-refractivity contribution in [1.29, 1.82) is 0 Å². The van der Waals surface area contributed by atoms with Crippen LogP contribution in [0.2, 0.25) is 5.02 Å². The van der Waals surface area contributed by atoms with E-state index in [0.717, 1.165) is 17.3 Å². The van der Waals surface area contributed by atoms with E-state index in [4.69, 9.17) is 17.3 Å². The first kappa shape index (κ1) is 13.3. The molecule has 3 rings (SSSR count). The first-order valence-electron chi connectivity index (χ1n) is 7.43. The smallest absolute Gasteiger partial charge is 0.0429 e. The third-order valence-corrected chi connectivity index (χ3v) is 5.19. The molecule has 1 spiro atoms. The molecule has 2 N–H and O–H groups in total. The van der Waals surface area contributed by atoms with Gasteiger partial charge in [-0.15, -0.1) is 0 Å². The number of hydrogen-bond donors (Lipinski definition) is 1. The molecule has 3 heteroatoms. The summed E-state index contributed by atoms with van der Waals surface area (Å²) in [6.45, 7) is 3.44. The fraction of sp³-hybridized carbons (Fsp3) is 0.625. The Balaban J connectivity index is 1.59. The van der Waals surface area contributed by atoms with Gasteiger partial charge in [0.15, 0.2) is 0 Å². The highest BCUT2D eigenvalue weighted by Crippen LogP contribution is 2.46. The summed E-state index contributed by atoms with van der Waals surface area (Å²) in [6.07, 6.45) is 8.58. The van der Waals surface area contributed by atoms with E-state index in [9.17, 15) is 0 Å². The second-order valence-corrected chi connectivity index (χ2v) is 6.81. The van der Waals surface area contributed by atoms with Gasteiger partial charge in [0, 0.05) is 17.3 Å². The molecule has 104 valence electrons. The summed E-state index contributed by atoms with van der Waals surface area (Å²) in [6, 6.07) is 5.90. The predicted octanol–water partition coefficient (Wildman–Crippen LogP) is 4.08. The van der Waals surface area contributed by atoms with Crippen LogP contribution in [0.15, 0.2) is 18.2 Å². The van der Waals surface area contributed by atoms with E-state index in [1.165, 1.54) is 57.2 Å². The van der Waals surface area contributed by atoms with Crippen molar-refractivity contribution in [2.75, 3.05) is 18.8 Å². The number of nitrogens with zero attached hydrogens (tertiary/aromatic N) is 1. The molecule has 1 aromatic rings. The number of hydrogen-bond acceptors (Lipinski definition) is 2. The van der Waals surface area contributed by atoms with Crippen LogP contribution < -0.4 is 5.73 Å². The third kappa shape index (κ3) is 3.06. The molecular weight excluding hydrogens is 256 g/mol. The molecule has 19 heavy (non-hydrogen) atoms. The molecule has 0 radical (unpaired) electrons. The minimum atomic E-state index is 0.698. The molecule has 1 saturated heterocycles. The Kier molecular flexibility index (Phi) is 3.72. The van der Waals surface area contributed by atoms with Crippen LogP contribution in [0.25, 0.3) is 0 Å².